The Morgan fingerprint density at radius 1 is 1.35 bits per heavy atom. The number of benzene rings is 2. The van der Waals surface area contributed by atoms with Crippen LogP contribution in [0.15, 0.2) is 47.4 Å². The molecule has 7 nitrogen and oxygen atoms in total. The number of para-hydroxylation sites is 1. The Hall–Kier alpha value is -2.89. The maximum absolute atomic E-state index is 12.6. The number of hydrogen-bond acceptors (Lipinski definition) is 5. The molecule has 0 aliphatic carbocycles. The molecule has 0 aromatic heterocycles. The number of nitriles is 1. The predicted octanol–water partition coefficient (Wildman–Crippen LogP) is 1.56. The topological polar surface area (TPSA) is 113 Å². The number of hydrogen-bond donors (Lipinski definition) is 1. The van der Waals surface area contributed by atoms with E-state index in [0.29, 0.717) is 23.4 Å². The first kappa shape index (κ1) is 17.9. The fourth-order valence-electron chi connectivity index (χ4n) is 3.06. The van der Waals surface area contributed by atoms with Crippen LogP contribution in [0.1, 0.15) is 18.1 Å². The van der Waals surface area contributed by atoms with Crippen LogP contribution in [0.5, 0.6) is 5.75 Å². The Kier molecular flexibility index (Phi) is 4.68. The van der Waals surface area contributed by atoms with Crippen molar-refractivity contribution in [3.8, 4) is 11.8 Å². The fraction of sp³-hybridized carbons (Fsp3) is 0.222. The molecular formula is C18H17N3O4S. The molecule has 8 heteroatoms. The van der Waals surface area contributed by atoms with Crippen molar-refractivity contribution in [1.82, 2.24) is 0 Å². The maximum atomic E-state index is 12.6. The van der Waals surface area contributed by atoms with E-state index in [1.165, 1.54) is 12.1 Å². The van der Waals surface area contributed by atoms with Crippen LogP contribution < -0.4 is 14.8 Å². The summed E-state index contributed by atoms with van der Waals surface area (Å²) in [4.78, 5) is 14.3. The Morgan fingerprint density at radius 2 is 2.08 bits per heavy atom. The third-order valence-electron chi connectivity index (χ3n) is 4.22. The second-order valence-electron chi connectivity index (χ2n) is 6.05. The average Bonchev–Trinajstić information content (AvgIpc) is 2.94. The van der Waals surface area contributed by atoms with Gasteiger partial charge in [0.1, 0.15) is 11.8 Å². The summed E-state index contributed by atoms with van der Waals surface area (Å²) in [5, 5.41) is 14.2. The Balaban J connectivity index is 1.80. The van der Waals surface area contributed by atoms with Crippen LogP contribution in [0.25, 0.3) is 0 Å². The minimum Gasteiger partial charge on any atom is -0.482 e. The first-order valence-electron chi connectivity index (χ1n) is 7.91. The van der Waals surface area contributed by atoms with Crippen molar-refractivity contribution < 1.29 is 17.9 Å². The van der Waals surface area contributed by atoms with Gasteiger partial charge in [-0.3, -0.25) is 4.79 Å². The first-order chi connectivity index (χ1) is 12.3. The van der Waals surface area contributed by atoms with Gasteiger partial charge in [-0.2, -0.15) is 5.26 Å². The molecule has 0 spiro atoms. The number of sulfonamides is 1. The minimum atomic E-state index is -3.79. The van der Waals surface area contributed by atoms with E-state index in [1.807, 2.05) is 13.0 Å². The number of fused-ring (bicyclic) bond motifs is 1. The lowest BCUT2D eigenvalue weighted by molar-refractivity contribution is -0.120. The van der Waals surface area contributed by atoms with Gasteiger partial charge in [0.15, 0.2) is 6.61 Å². The smallest absolute Gasteiger partial charge is 0.265 e. The summed E-state index contributed by atoms with van der Waals surface area (Å²) in [6, 6.07) is 13.0. The summed E-state index contributed by atoms with van der Waals surface area (Å²) in [7, 11) is -3.79. The van der Waals surface area contributed by atoms with Gasteiger partial charge in [-0.1, -0.05) is 12.1 Å². The van der Waals surface area contributed by atoms with E-state index in [2.05, 4.69) is 0 Å². The molecule has 2 aromatic rings. The zero-order valence-electron chi connectivity index (χ0n) is 14.0. The molecule has 0 fully saturated rings. The molecule has 1 heterocycles. The molecule has 0 radical (unpaired) electrons. The van der Waals surface area contributed by atoms with E-state index in [1.54, 1.807) is 35.2 Å². The van der Waals surface area contributed by atoms with Crippen LogP contribution in [0.4, 0.5) is 5.69 Å². The lowest BCUT2D eigenvalue weighted by Crippen LogP contribution is -2.39. The molecule has 1 atom stereocenters. The molecule has 1 aliphatic heterocycles. The monoisotopic (exact) mass is 371 g/mol. The zero-order chi connectivity index (χ0) is 18.9. The van der Waals surface area contributed by atoms with Crippen LogP contribution >= 0.6 is 0 Å². The quantitative estimate of drug-likeness (QED) is 0.876. The van der Waals surface area contributed by atoms with Crippen LogP contribution in [0.2, 0.25) is 0 Å². The van der Waals surface area contributed by atoms with Crippen molar-refractivity contribution in [1.29, 1.82) is 5.26 Å². The normalized spacial score (nSPS) is 16.0. The van der Waals surface area contributed by atoms with Gasteiger partial charge in [0, 0.05) is 11.7 Å². The second kappa shape index (κ2) is 6.78. The summed E-state index contributed by atoms with van der Waals surface area (Å²) in [6.07, 6.45) is 0.527. The Labute approximate surface area is 151 Å². The van der Waals surface area contributed by atoms with E-state index >= 15 is 0 Å². The van der Waals surface area contributed by atoms with Crippen molar-refractivity contribution in [3.63, 3.8) is 0 Å². The highest BCUT2D eigenvalue weighted by atomic mass is 32.2. The van der Waals surface area contributed by atoms with Gasteiger partial charge in [-0.15, -0.1) is 0 Å². The van der Waals surface area contributed by atoms with Crippen LogP contribution in [0, 0.1) is 11.3 Å². The van der Waals surface area contributed by atoms with E-state index in [-0.39, 0.29) is 23.5 Å². The Bertz CT molecular complexity index is 1010. The third-order valence-corrected chi connectivity index (χ3v) is 5.13. The van der Waals surface area contributed by atoms with Crippen molar-refractivity contribution in [2.75, 3.05) is 11.5 Å². The maximum Gasteiger partial charge on any atom is 0.265 e. The van der Waals surface area contributed by atoms with E-state index < -0.39 is 10.0 Å². The molecule has 1 aliphatic rings. The summed E-state index contributed by atoms with van der Waals surface area (Å²) in [5.41, 5.74) is 1.75. The largest absolute Gasteiger partial charge is 0.482 e. The van der Waals surface area contributed by atoms with Crippen molar-refractivity contribution >= 4 is 21.6 Å². The SMILES string of the molecule is CC1Cc2cc(S(N)(=O)=O)ccc2N1C(=O)COc1ccccc1C#N. The molecule has 134 valence electrons. The number of primary sulfonamides is 1. The van der Waals surface area contributed by atoms with Crippen LogP contribution in [0.3, 0.4) is 0 Å². The standard InChI is InChI=1S/C18H17N3O4S/c1-12-8-14-9-15(26(20,23)24)6-7-16(14)21(12)18(22)11-25-17-5-3-2-4-13(17)10-19/h2-7,9,12H,8,11H2,1H3,(H2,20,23,24). The summed E-state index contributed by atoms with van der Waals surface area (Å²) in [6.45, 7) is 1.65. The first-order valence-corrected chi connectivity index (χ1v) is 9.45. The van der Waals surface area contributed by atoms with Crippen molar-refractivity contribution in [3.05, 3.63) is 53.6 Å². The van der Waals surface area contributed by atoms with Crippen molar-refractivity contribution in [2.45, 2.75) is 24.3 Å². The minimum absolute atomic E-state index is 0.0250. The highest BCUT2D eigenvalue weighted by Gasteiger charge is 2.32. The number of nitrogens with two attached hydrogens (primary N) is 1. The molecule has 1 unspecified atom stereocenters. The van der Waals surface area contributed by atoms with Crippen LogP contribution in [-0.2, 0) is 21.2 Å². The molecule has 3 rings (SSSR count). The molecule has 0 bridgehead atoms. The van der Waals surface area contributed by atoms with Gasteiger partial charge in [-0.05, 0) is 49.2 Å². The number of carbonyl (C=O) groups excluding carboxylic acids is 1. The van der Waals surface area contributed by atoms with Gasteiger partial charge in [0.2, 0.25) is 10.0 Å². The van der Waals surface area contributed by atoms with Gasteiger partial charge < -0.3 is 9.64 Å². The highest BCUT2D eigenvalue weighted by molar-refractivity contribution is 7.89. The van der Waals surface area contributed by atoms with Gasteiger partial charge in [0.25, 0.3) is 5.91 Å². The molecule has 2 aromatic carbocycles. The van der Waals surface area contributed by atoms with Gasteiger partial charge >= 0.3 is 0 Å². The number of amides is 1. The Morgan fingerprint density at radius 3 is 2.77 bits per heavy atom. The number of ether oxygens (including phenoxy) is 1. The lowest BCUT2D eigenvalue weighted by atomic mass is 10.1. The third kappa shape index (κ3) is 3.40. The highest BCUT2D eigenvalue weighted by Crippen LogP contribution is 2.33. The van der Waals surface area contributed by atoms with E-state index in [4.69, 9.17) is 15.1 Å². The summed E-state index contributed by atoms with van der Waals surface area (Å²) in [5.74, 6) is 0.0762. The molecule has 1 amide bonds. The summed E-state index contributed by atoms with van der Waals surface area (Å²) < 4.78 is 28.5. The van der Waals surface area contributed by atoms with Gasteiger partial charge in [-0.25, -0.2) is 13.6 Å². The lowest BCUT2D eigenvalue weighted by Gasteiger charge is -2.23. The number of rotatable bonds is 4. The number of carbonyl (C=O) groups is 1. The number of anilines is 1. The predicted molar refractivity (Wildman–Crippen MR) is 95.1 cm³/mol. The molecule has 0 saturated carbocycles. The number of nitrogens with zero attached hydrogens (tertiary/aromatic N) is 2. The molecule has 2 N–H and O–H groups in total. The van der Waals surface area contributed by atoms with Crippen LogP contribution in [-0.4, -0.2) is 27.0 Å². The van der Waals surface area contributed by atoms with E-state index in [0.717, 1.165) is 5.56 Å². The second-order valence-corrected chi connectivity index (χ2v) is 7.61. The molecular weight excluding hydrogens is 354 g/mol. The summed E-state index contributed by atoms with van der Waals surface area (Å²) >= 11 is 0. The molecule has 26 heavy (non-hydrogen) atoms. The molecule has 0 saturated heterocycles. The zero-order valence-corrected chi connectivity index (χ0v) is 14.9. The van der Waals surface area contributed by atoms with Gasteiger partial charge in [0.05, 0.1) is 10.5 Å². The van der Waals surface area contributed by atoms with Crippen molar-refractivity contribution in [2.24, 2.45) is 5.14 Å². The van der Waals surface area contributed by atoms with E-state index in [9.17, 15) is 13.2 Å². The fourth-order valence-corrected chi connectivity index (χ4v) is 3.62. The average molecular weight is 371 g/mol.